The highest BCUT2D eigenvalue weighted by atomic mass is 28.2. The third kappa shape index (κ3) is 5.67. The first-order valence-corrected chi connectivity index (χ1v) is 12.7. The Kier molecular flexibility index (Phi) is 8.27. The molecule has 30 heavy (non-hydrogen) atoms. The zero-order valence-corrected chi connectivity index (χ0v) is 19.3. The monoisotopic (exact) mass is 429 g/mol. The highest BCUT2D eigenvalue weighted by Crippen LogP contribution is 2.41. The second-order valence-electron chi connectivity index (χ2n) is 9.29. The molecule has 0 unspecified atom stereocenters. The normalized spacial score (nSPS) is 22.8. The largest absolute Gasteiger partial charge is 0.490 e. The van der Waals surface area contributed by atoms with Crippen LogP contribution in [0, 0.1) is 0 Å². The van der Waals surface area contributed by atoms with Crippen molar-refractivity contribution in [2.75, 3.05) is 0 Å². The SMILES string of the molecule is [Si]OC(OC1CCCCC1)(OC1CCCCC1)c1ccccc1OC1CCCCC1. The molecule has 3 saturated carbocycles. The second-order valence-corrected chi connectivity index (χ2v) is 9.49. The third-order valence-electron chi connectivity index (χ3n) is 6.95. The van der Waals surface area contributed by atoms with Crippen LogP contribution in [0.3, 0.4) is 0 Å². The minimum atomic E-state index is -1.27. The molecule has 0 N–H and O–H groups in total. The first-order valence-electron chi connectivity index (χ1n) is 12.3. The van der Waals surface area contributed by atoms with Crippen molar-refractivity contribution < 1.29 is 18.6 Å². The summed E-state index contributed by atoms with van der Waals surface area (Å²) >= 11 is 0. The van der Waals surface area contributed by atoms with E-state index in [9.17, 15) is 0 Å². The molecule has 0 aliphatic heterocycles. The third-order valence-corrected chi connectivity index (χ3v) is 7.21. The maximum Gasteiger partial charge on any atom is 0.306 e. The number of benzene rings is 1. The van der Waals surface area contributed by atoms with Crippen LogP contribution < -0.4 is 4.74 Å². The first kappa shape index (κ1) is 22.3. The van der Waals surface area contributed by atoms with Gasteiger partial charge in [-0.2, -0.15) is 0 Å². The molecule has 3 radical (unpaired) electrons. The van der Waals surface area contributed by atoms with E-state index in [4.69, 9.17) is 18.6 Å². The fraction of sp³-hybridized carbons (Fsp3) is 0.760. The van der Waals surface area contributed by atoms with Crippen LogP contribution in [0.2, 0.25) is 0 Å². The zero-order valence-electron chi connectivity index (χ0n) is 18.3. The second kappa shape index (κ2) is 11.1. The quantitative estimate of drug-likeness (QED) is 0.358. The van der Waals surface area contributed by atoms with E-state index in [1.54, 1.807) is 0 Å². The lowest BCUT2D eigenvalue weighted by molar-refractivity contribution is -0.389. The summed E-state index contributed by atoms with van der Waals surface area (Å²) in [5.41, 5.74) is 0.849. The highest BCUT2D eigenvalue weighted by Gasteiger charge is 2.43. The Bertz CT molecular complexity index is 614. The van der Waals surface area contributed by atoms with Crippen LogP contribution in [0.15, 0.2) is 24.3 Å². The Balaban J connectivity index is 1.61. The lowest BCUT2D eigenvalue weighted by atomic mass is 9.96. The van der Waals surface area contributed by atoms with Gasteiger partial charge < -0.3 is 18.6 Å². The maximum atomic E-state index is 6.67. The van der Waals surface area contributed by atoms with Crippen molar-refractivity contribution >= 4 is 10.5 Å². The maximum absolute atomic E-state index is 6.67. The molecule has 0 bridgehead atoms. The van der Waals surface area contributed by atoms with Gasteiger partial charge in [0, 0.05) is 0 Å². The van der Waals surface area contributed by atoms with Crippen molar-refractivity contribution in [3.05, 3.63) is 29.8 Å². The molecule has 4 nitrogen and oxygen atoms in total. The number of hydrogen-bond donors (Lipinski definition) is 0. The van der Waals surface area contributed by atoms with Crippen LogP contribution in [-0.2, 0) is 19.9 Å². The number of ether oxygens (including phenoxy) is 3. The Hall–Kier alpha value is -0.883. The highest BCUT2D eigenvalue weighted by molar-refractivity contribution is 5.98. The molecule has 3 fully saturated rings. The average Bonchev–Trinajstić information content (AvgIpc) is 2.81. The Morgan fingerprint density at radius 2 is 1.10 bits per heavy atom. The summed E-state index contributed by atoms with van der Waals surface area (Å²) in [6.45, 7) is 0. The van der Waals surface area contributed by atoms with Gasteiger partial charge in [0.2, 0.25) is 0 Å². The van der Waals surface area contributed by atoms with Crippen LogP contribution in [0.25, 0.3) is 0 Å². The van der Waals surface area contributed by atoms with Crippen molar-refractivity contribution in [2.24, 2.45) is 0 Å². The Labute approximate surface area is 185 Å². The summed E-state index contributed by atoms with van der Waals surface area (Å²) in [5, 5.41) is 0. The van der Waals surface area contributed by atoms with Crippen molar-refractivity contribution in [3.8, 4) is 5.75 Å². The average molecular weight is 430 g/mol. The number of hydrogen-bond acceptors (Lipinski definition) is 4. The fourth-order valence-corrected chi connectivity index (χ4v) is 5.45. The van der Waals surface area contributed by atoms with E-state index in [1.807, 2.05) is 24.3 Å². The summed E-state index contributed by atoms with van der Waals surface area (Å²) in [5.74, 6) is -0.444. The molecule has 1 aromatic rings. The summed E-state index contributed by atoms with van der Waals surface area (Å²) in [4.78, 5) is 0. The van der Waals surface area contributed by atoms with E-state index >= 15 is 0 Å². The lowest BCUT2D eigenvalue weighted by Crippen LogP contribution is -2.43. The molecule has 0 amide bonds. The van der Waals surface area contributed by atoms with E-state index in [0.717, 1.165) is 49.8 Å². The van der Waals surface area contributed by atoms with Gasteiger partial charge in [-0.1, -0.05) is 57.1 Å². The van der Waals surface area contributed by atoms with Gasteiger partial charge in [-0.3, -0.25) is 0 Å². The molecule has 0 atom stereocenters. The van der Waals surface area contributed by atoms with Gasteiger partial charge in [-0.25, -0.2) is 0 Å². The van der Waals surface area contributed by atoms with E-state index in [-0.39, 0.29) is 18.3 Å². The van der Waals surface area contributed by atoms with Gasteiger partial charge in [0.05, 0.1) is 23.9 Å². The molecular formula is C25H37O4Si. The first-order chi connectivity index (χ1) is 14.8. The molecule has 1 aromatic carbocycles. The van der Waals surface area contributed by atoms with Crippen molar-refractivity contribution in [3.63, 3.8) is 0 Å². The van der Waals surface area contributed by atoms with Crippen molar-refractivity contribution in [2.45, 2.75) is 121 Å². The summed E-state index contributed by atoms with van der Waals surface area (Å²) in [6.07, 6.45) is 18.1. The van der Waals surface area contributed by atoms with Crippen molar-refractivity contribution in [1.29, 1.82) is 0 Å². The predicted molar refractivity (Wildman–Crippen MR) is 118 cm³/mol. The standard InChI is InChI=1S/C25H37O4Si/c30-29-25(27-21-14-6-2-7-15-21,28-22-16-8-3-9-17-22)23-18-10-11-19-24(23)26-20-12-4-1-5-13-20/h10-11,18-22H,1-9,12-17H2. The van der Waals surface area contributed by atoms with E-state index < -0.39 is 5.97 Å². The molecule has 4 rings (SSSR count). The van der Waals surface area contributed by atoms with Gasteiger partial charge in [-0.05, 0) is 63.5 Å². The van der Waals surface area contributed by atoms with Crippen LogP contribution >= 0.6 is 0 Å². The van der Waals surface area contributed by atoms with Crippen molar-refractivity contribution in [1.82, 2.24) is 0 Å². The van der Waals surface area contributed by atoms with Gasteiger partial charge >= 0.3 is 5.97 Å². The summed E-state index contributed by atoms with van der Waals surface area (Å²) in [7, 11) is 3.38. The van der Waals surface area contributed by atoms with Crippen LogP contribution in [0.1, 0.15) is 102 Å². The van der Waals surface area contributed by atoms with Crippen LogP contribution in [-0.4, -0.2) is 28.8 Å². The summed E-state index contributed by atoms with van der Waals surface area (Å²) in [6, 6.07) is 8.14. The Morgan fingerprint density at radius 3 is 1.60 bits per heavy atom. The van der Waals surface area contributed by atoms with Gasteiger partial charge in [0.15, 0.2) is 0 Å². The van der Waals surface area contributed by atoms with Crippen LogP contribution in [0.5, 0.6) is 5.75 Å². The Morgan fingerprint density at radius 1 is 0.633 bits per heavy atom. The smallest absolute Gasteiger partial charge is 0.306 e. The number of para-hydroxylation sites is 1. The topological polar surface area (TPSA) is 36.9 Å². The molecular weight excluding hydrogens is 392 g/mol. The predicted octanol–water partition coefficient (Wildman–Crippen LogP) is 6.31. The summed E-state index contributed by atoms with van der Waals surface area (Å²) < 4.78 is 25.8. The molecule has 0 heterocycles. The molecule has 3 aliphatic carbocycles. The fourth-order valence-electron chi connectivity index (χ4n) is 5.25. The number of rotatable bonds is 8. The molecule has 3 aliphatic rings. The van der Waals surface area contributed by atoms with Gasteiger partial charge in [0.25, 0.3) is 10.5 Å². The molecule has 5 heteroatoms. The van der Waals surface area contributed by atoms with E-state index in [0.29, 0.717) is 0 Å². The molecule has 0 spiro atoms. The lowest BCUT2D eigenvalue weighted by Gasteiger charge is -2.41. The zero-order chi connectivity index (χ0) is 20.7. The minimum Gasteiger partial charge on any atom is -0.490 e. The van der Waals surface area contributed by atoms with E-state index in [1.165, 1.54) is 57.8 Å². The van der Waals surface area contributed by atoms with Crippen LogP contribution in [0.4, 0.5) is 0 Å². The van der Waals surface area contributed by atoms with Gasteiger partial charge in [-0.15, -0.1) is 0 Å². The molecule has 165 valence electrons. The minimum absolute atomic E-state index is 0.140. The molecule has 0 saturated heterocycles. The van der Waals surface area contributed by atoms with E-state index in [2.05, 4.69) is 10.5 Å². The molecule has 0 aromatic heterocycles. The van der Waals surface area contributed by atoms with Gasteiger partial charge in [0.1, 0.15) is 5.75 Å².